The molecule has 17 heavy (non-hydrogen) atoms. The third-order valence-electron chi connectivity index (χ3n) is 1.45. The molecule has 0 unspecified atom stereocenters. The molecule has 0 heteroatoms. The number of hydrogen-bond donors (Lipinski definition) is 0. The predicted octanol–water partition coefficient (Wildman–Crippen LogP) is 6.03. The second kappa shape index (κ2) is 19.9. The van der Waals surface area contributed by atoms with Crippen molar-refractivity contribution < 1.29 is 0 Å². The Morgan fingerprint density at radius 3 is 1.53 bits per heavy atom. The van der Waals surface area contributed by atoms with Crippen molar-refractivity contribution in [2.24, 2.45) is 0 Å². The van der Waals surface area contributed by atoms with E-state index in [1.807, 2.05) is 71.1 Å². The average molecular weight is 232 g/mol. The lowest BCUT2D eigenvalue weighted by Crippen LogP contribution is -1.76. The number of rotatable bonds is 5. The van der Waals surface area contributed by atoms with Crippen molar-refractivity contribution in [2.45, 2.75) is 34.6 Å². The Bertz CT molecular complexity index is 272. The summed E-state index contributed by atoms with van der Waals surface area (Å²) in [5.41, 5.74) is 1.82. The molecule has 0 fully saturated rings. The van der Waals surface area contributed by atoms with Crippen molar-refractivity contribution in [1.82, 2.24) is 0 Å². The zero-order valence-corrected chi connectivity index (χ0v) is 12.2. The van der Waals surface area contributed by atoms with Crippen molar-refractivity contribution in [2.75, 3.05) is 0 Å². The first kappa shape index (κ1) is 20.8. The Balaban J connectivity index is -0.000000439. The molecule has 0 aromatic rings. The second-order valence-electron chi connectivity index (χ2n) is 2.53. The van der Waals surface area contributed by atoms with Crippen LogP contribution in [0.3, 0.4) is 0 Å². The highest BCUT2D eigenvalue weighted by molar-refractivity contribution is 5.43. The minimum absolute atomic E-state index is 0.903. The summed E-state index contributed by atoms with van der Waals surface area (Å²) in [6.45, 7) is 21.3. The molecule has 0 saturated heterocycles. The van der Waals surface area contributed by atoms with Crippen LogP contribution in [0.1, 0.15) is 34.6 Å². The van der Waals surface area contributed by atoms with Crippen molar-refractivity contribution in [1.29, 1.82) is 0 Å². The van der Waals surface area contributed by atoms with Gasteiger partial charge in [0.2, 0.25) is 0 Å². The van der Waals surface area contributed by atoms with Gasteiger partial charge < -0.3 is 0 Å². The Hall–Kier alpha value is -1.56. The van der Waals surface area contributed by atoms with Gasteiger partial charge in [-0.3, -0.25) is 0 Å². The molecular formula is C17H28. The molecule has 0 aliphatic carbocycles. The fourth-order valence-corrected chi connectivity index (χ4v) is 0.681. The van der Waals surface area contributed by atoms with Crippen LogP contribution in [0, 0.1) is 0 Å². The lowest BCUT2D eigenvalue weighted by molar-refractivity contribution is 1.50. The summed E-state index contributed by atoms with van der Waals surface area (Å²) >= 11 is 0. The summed E-state index contributed by atoms with van der Waals surface area (Å²) in [7, 11) is 0. The van der Waals surface area contributed by atoms with Crippen LogP contribution in [0.25, 0.3) is 0 Å². The van der Waals surface area contributed by atoms with Crippen LogP contribution in [0.15, 0.2) is 73.4 Å². The van der Waals surface area contributed by atoms with E-state index in [0.717, 1.165) is 11.1 Å². The highest BCUT2D eigenvalue weighted by Gasteiger charge is 1.88. The maximum atomic E-state index is 3.87. The smallest absolute Gasteiger partial charge is 0.0262 e. The van der Waals surface area contributed by atoms with Crippen molar-refractivity contribution >= 4 is 0 Å². The maximum absolute atomic E-state index is 3.87. The third-order valence-corrected chi connectivity index (χ3v) is 1.45. The Morgan fingerprint density at radius 1 is 0.765 bits per heavy atom. The molecule has 0 spiro atoms. The molecule has 0 N–H and O–H groups in total. The van der Waals surface area contributed by atoms with Crippen LogP contribution in [0.5, 0.6) is 0 Å². The van der Waals surface area contributed by atoms with Gasteiger partial charge in [-0.15, -0.1) is 0 Å². The first-order chi connectivity index (χ1) is 8.22. The molecular weight excluding hydrogens is 204 g/mol. The van der Waals surface area contributed by atoms with Gasteiger partial charge in [0.1, 0.15) is 0 Å². The monoisotopic (exact) mass is 232 g/mol. The average Bonchev–Trinajstić information content (AvgIpc) is 2.40. The van der Waals surface area contributed by atoms with E-state index in [-0.39, 0.29) is 0 Å². The van der Waals surface area contributed by atoms with E-state index in [9.17, 15) is 0 Å². The second-order valence-corrected chi connectivity index (χ2v) is 2.53. The van der Waals surface area contributed by atoms with E-state index in [2.05, 4.69) is 19.7 Å². The fraction of sp³-hybridized carbons (Fsp3) is 0.294. The molecule has 96 valence electrons. The van der Waals surface area contributed by atoms with Crippen LogP contribution in [-0.2, 0) is 0 Å². The van der Waals surface area contributed by atoms with Crippen LogP contribution < -0.4 is 0 Å². The number of allylic oxidation sites excluding steroid dienone is 9. The molecule has 0 amide bonds. The molecule has 0 aromatic carbocycles. The van der Waals surface area contributed by atoms with Crippen molar-refractivity contribution in [3.8, 4) is 0 Å². The highest BCUT2D eigenvalue weighted by atomic mass is 13.9. The van der Waals surface area contributed by atoms with E-state index >= 15 is 0 Å². The van der Waals surface area contributed by atoms with Crippen LogP contribution >= 0.6 is 0 Å². The van der Waals surface area contributed by atoms with Gasteiger partial charge in [-0.05, 0) is 18.1 Å². The van der Waals surface area contributed by atoms with Gasteiger partial charge in [-0.25, -0.2) is 0 Å². The lowest BCUT2D eigenvalue weighted by atomic mass is 10.1. The summed E-state index contributed by atoms with van der Waals surface area (Å²) < 4.78 is 0. The van der Waals surface area contributed by atoms with Crippen LogP contribution in [0.2, 0.25) is 0 Å². The van der Waals surface area contributed by atoms with Gasteiger partial charge >= 0.3 is 0 Å². The molecule has 0 heterocycles. The molecule has 0 atom stereocenters. The molecule has 0 nitrogen and oxygen atoms in total. The number of hydrogen-bond acceptors (Lipinski definition) is 0. The summed E-state index contributed by atoms with van der Waals surface area (Å²) in [5.74, 6) is 0. The molecule has 0 saturated carbocycles. The molecule has 0 radical (unpaired) electrons. The summed E-state index contributed by atoms with van der Waals surface area (Å²) in [6, 6.07) is 0. The quantitative estimate of drug-likeness (QED) is 0.508. The largest absolute Gasteiger partial charge is 0.0991 e. The van der Waals surface area contributed by atoms with Gasteiger partial charge in [0.05, 0.1) is 0 Å². The van der Waals surface area contributed by atoms with Gasteiger partial charge in [0, 0.05) is 0 Å². The molecule has 0 aliphatic heterocycles. The van der Waals surface area contributed by atoms with E-state index in [1.54, 1.807) is 6.08 Å². The van der Waals surface area contributed by atoms with Gasteiger partial charge in [-0.1, -0.05) is 90.0 Å². The molecule has 0 rings (SSSR count). The topological polar surface area (TPSA) is 0 Å². The first-order valence-electron chi connectivity index (χ1n) is 6.19. The standard InChI is InChI=1S/C13H16.2C2H6/c1-5-7-9-11-13(4)12(3)10-8-6-2;2*1-2/h5-11H,2-4H2,1H3;2*1-2H3/b7-5-,10-8-,11-9-;;. The van der Waals surface area contributed by atoms with Crippen LogP contribution in [0.4, 0.5) is 0 Å². The SMILES string of the molecule is C=C/C=C\C(=C)C(=C)/C=C\C=C/C.CC.CC. The van der Waals surface area contributed by atoms with Gasteiger partial charge in [0.25, 0.3) is 0 Å². The lowest BCUT2D eigenvalue weighted by Gasteiger charge is -1.96. The van der Waals surface area contributed by atoms with Crippen molar-refractivity contribution in [3.05, 3.63) is 73.4 Å². The maximum Gasteiger partial charge on any atom is -0.0262 e. The predicted molar refractivity (Wildman–Crippen MR) is 84.3 cm³/mol. The summed E-state index contributed by atoms with van der Waals surface area (Å²) in [4.78, 5) is 0. The van der Waals surface area contributed by atoms with E-state index in [0.29, 0.717) is 0 Å². The highest BCUT2D eigenvalue weighted by Crippen LogP contribution is 2.08. The summed E-state index contributed by atoms with van der Waals surface area (Å²) in [5, 5.41) is 0. The third kappa shape index (κ3) is 17.1. The molecule has 0 bridgehead atoms. The fourth-order valence-electron chi connectivity index (χ4n) is 0.681. The Labute approximate surface area is 108 Å². The Morgan fingerprint density at radius 2 is 1.18 bits per heavy atom. The van der Waals surface area contributed by atoms with E-state index < -0.39 is 0 Å². The zero-order chi connectivity index (χ0) is 14.1. The van der Waals surface area contributed by atoms with Crippen molar-refractivity contribution in [3.63, 3.8) is 0 Å². The van der Waals surface area contributed by atoms with Gasteiger partial charge in [-0.2, -0.15) is 0 Å². The van der Waals surface area contributed by atoms with E-state index in [1.165, 1.54) is 0 Å². The zero-order valence-electron chi connectivity index (χ0n) is 12.2. The minimum atomic E-state index is 0.903. The first-order valence-corrected chi connectivity index (χ1v) is 6.19. The molecule has 0 aromatic heterocycles. The molecule has 0 aliphatic rings. The Kier molecular flexibility index (Phi) is 24.4. The minimum Gasteiger partial charge on any atom is -0.0991 e. The van der Waals surface area contributed by atoms with E-state index in [4.69, 9.17) is 0 Å². The summed E-state index contributed by atoms with van der Waals surface area (Å²) in [6.07, 6.45) is 13.2. The normalized spacial score (nSPS) is 9.47. The van der Waals surface area contributed by atoms with Gasteiger partial charge in [0.15, 0.2) is 0 Å². The van der Waals surface area contributed by atoms with Crippen LogP contribution in [-0.4, -0.2) is 0 Å².